The van der Waals surface area contributed by atoms with Gasteiger partial charge >= 0.3 is 0 Å². The molecule has 3 N–H and O–H groups in total. The number of nitrogens with one attached hydrogen (secondary N) is 3. The Bertz CT molecular complexity index is 1050. The lowest BCUT2D eigenvalue weighted by Crippen LogP contribution is -2.21. The van der Waals surface area contributed by atoms with Gasteiger partial charge in [0, 0.05) is 22.1 Å². The van der Waals surface area contributed by atoms with Crippen LogP contribution in [0.4, 0.5) is 5.69 Å². The normalized spacial score (nSPS) is 10.6. The molecule has 2 aromatic carbocycles. The van der Waals surface area contributed by atoms with E-state index < -0.39 is 0 Å². The lowest BCUT2D eigenvalue weighted by Gasteiger charge is -2.14. The highest BCUT2D eigenvalue weighted by Gasteiger charge is 2.10. The van der Waals surface area contributed by atoms with Crippen molar-refractivity contribution in [1.29, 1.82) is 0 Å². The van der Waals surface area contributed by atoms with Crippen molar-refractivity contribution in [2.45, 2.75) is 26.8 Å². The maximum absolute atomic E-state index is 12.2. The molecule has 9 heteroatoms. The smallest absolute Gasteiger partial charge is 0.262 e. The van der Waals surface area contributed by atoms with Crippen molar-refractivity contribution in [2.75, 3.05) is 17.3 Å². The number of aromatic amines is 1. The summed E-state index contributed by atoms with van der Waals surface area (Å²) in [5.41, 5.74) is 6.00. The van der Waals surface area contributed by atoms with E-state index in [1.165, 1.54) is 0 Å². The summed E-state index contributed by atoms with van der Waals surface area (Å²) in [7, 11) is 0. The third-order valence-electron chi connectivity index (χ3n) is 4.20. The van der Waals surface area contributed by atoms with Crippen molar-refractivity contribution in [3.8, 4) is 5.75 Å². The maximum atomic E-state index is 12.2. The number of ether oxygens (including phenoxy) is 1. The minimum atomic E-state index is -0.221. The molecule has 0 radical (unpaired) electrons. The van der Waals surface area contributed by atoms with Crippen LogP contribution < -0.4 is 15.5 Å². The molecule has 1 heterocycles. The Labute approximate surface area is 182 Å². The van der Waals surface area contributed by atoms with E-state index in [1.807, 2.05) is 56.3 Å². The maximum Gasteiger partial charge on any atom is 0.262 e. The zero-order chi connectivity index (χ0) is 20.8. The number of aryl methyl sites for hydroxylation is 2. The first kappa shape index (κ1) is 21.1. The third-order valence-corrected chi connectivity index (χ3v) is 4.97. The summed E-state index contributed by atoms with van der Waals surface area (Å²) in [6.07, 6.45) is 0.737. The van der Waals surface area contributed by atoms with E-state index in [-0.39, 0.29) is 12.5 Å². The van der Waals surface area contributed by atoms with E-state index >= 15 is 0 Å². The number of halogens is 1. The number of aromatic nitrogens is 3. The molecular formula is C20H22BrN5O2S. The molecule has 0 unspecified atom stereocenters. The van der Waals surface area contributed by atoms with Gasteiger partial charge in [0.05, 0.1) is 6.54 Å². The number of carbonyl (C=O) groups excluding carboxylic acids is 1. The number of nitrogens with zero attached hydrogens (tertiary/aromatic N) is 2. The first-order valence-electron chi connectivity index (χ1n) is 9.14. The summed E-state index contributed by atoms with van der Waals surface area (Å²) in [5.74, 6) is 1.21. The van der Waals surface area contributed by atoms with Gasteiger partial charge in [-0.25, -0.2) is 4.68 Å². The van der Waals surface area contributed by atoms with Gasteiger partial charge in [-0.2, -0.15) is 5.10 Å². The molecule has 1 amide bonds. The molecule has 0 aliphatic heterocycles. The number of rotatable bonds is 8. The lowest BCUT2D eigenvalue weighted by molar-refractivity contribution is -0.118. The second-order valence-electron chi connectivity index (χ2n) is 6.42. The van der Waals surface area contributed by atoms with E-state index in [9.17, 15) is 4.79 Å². The zero-order valence-corrected chi connectivity index (χ0v) is 18.6. The molecule has 0 bridgehead atoms. The van der Waals surface area contributed by atoms with Gasteiger partial charge in [-0.3, -0.25) is 9.89 Å². The molecule has 1 aromatic heterocycles. The minimum Gasteiger partial charge on any atom is -0.483 e. The van der Waals surface area contributed by atoms with Crippen LogP contribution in [-0.4, -0.2) is 27.4 Å². The quantitative estimate of drug-likeness (QED) is 0.422. The van der Waals surface area contributed by atoms with Crippen LogP contribution in [0.15, 0.2) is 46.9 Å². The van der Waals surface area contributed by atoms with E-state index in [1.54, 1.807) is 4.68 Å². The van der Waals surface area contributed by atoms with Gasteiger partial charge < -0.3 is 15.5 Å². The fraction of sp³-hybridized carbons (Fsp3) is 0.250. The average molecular weight is 476 g/mol. The molecule has 0 aliphatic rings. The van der Waals surface area contributed by atoms with Crippen LogP contribution in [0.25, 0.3) is 0 Å². The van der Waals surface area contributed by atoms with Crippen LogP contribution >= 0.6 is 28.1 Å². The Morgan fingerprint density at radius 3 is 2.76 bits per heavy atom. The van der Waals surface area contributed by atoms with Crippen molar-refractivity contribution in [1.82, 2.24) is 14.9 Å². The summed E-state index contributed by atoms with van der Waals surface area (Å²) in [6.45, 7) is 4.37. The molecule has 0 atom stereocenters. The van der Waals surface area contributed by atoms with Crippen molar-refractivity contribution < 1.29 is 9.53 Å². The number of hydrogen-bond acceptors (Lipinski definition) is 5. The Morgan fingerprint density at radius 1 is 1.28 bits per heavy atom. The predicted octanol–water partition coefficient (Wildman–Crippen LogP) is 4.34. The molecule has 0 aliphatic carbocycles. The van der Waals surface area contributed by atoms with Gasteiger partial charge in [0.15, 0.2) is 12.4 Å². The molecule has 3 aromatic rings. The highest BCUT2D eigenvalue weighted by Crippen LogP contribution is 2.23. The summed E-state index contributed by atoms with van der Waals surface area (Å²) in [4.78, 5) is 12.2. The fourth-order valence-corrected chi connectivity index (χ4v) is 3.32. The number of hydrogen-bond donors (Lipinski definition) is 3. The number of amides is 1. The fourth-order valence-electron chi connectivity index (χ4n) is 2.70. The van der Waals surface area contributed by atoms with Gasteiger partial charge in [0.25, 0.3) is 5.91 Å². The van der Waals surface area contributed by atoms with Gasteiger partial charge in [-0.05, 0) is 49.5 Å². The number of benzene rings is 2. The third kappa shape index (κ3) is 5.68. The molecule has 0 spiro atoms. The van der Waals surface area contributed by atoms with E-state index in [4.69, 9.17) is 17.0 Å². The Kier molecular flexibility index (Phi) is 7.05. The Balaban J connectivity index is 1.65. The van der Waals surface area contributed by atoms with Crippen molar-refractivity contribution >= 4 is 39.7 Å². The first-order chi connectivity index (χ1) is 14.0. The van der Waals surface area contributed by atoms with E-state index in [0.29, 0.717) is 17.1 Å². The first-order valence-corrected chi connectivity index (χ1v) is 10.3. The highest BCUT2D eigenvalue weighted by molar-refractivity contribution is 9.10. The second kappa shape index (κ2) is 9.71. The summed E-state index contributed by atoms with van der Waals surface area (Å²) < 4.78 is 8.93. The van der Waals surface area contributed by atoms with E-state index in [0.717, 1.165) is 33.5 Å². The Hall–Kier alpha value is -2.65. The number of H-pyrrole nitrogens is 1. The topological polar surface area (TPSA) is 84.0 Å². The van der Waals surface area contributed by atoms with Crippen LogP contribution in [0, 0.1) is 11.7 Å². The van der Waals surface area contributed by atoms with Gasteiger partial charge in [0.1, 0.15) is 5.75 Å². The molecule has 0 saturated carbocycles. The minimum absolute atomic E-state index is 0.0894. The summed E-state index contributed by atoms with van der Waals surface area (Å²) in [5, 5.41) is 9.79. The van der Waals surface area contributed by atoms with Crippen molar-refractivity contribution in [3.05, 3.63) is 68.7 Å². The highest BCUT2D eigenvalue weighted by atomic mass is 79.9. The second-order valence-corrected chi connectivity index (χ2v) is 7.73. The van der Waals surface area contributed by atoms with Crippen LogP contribution in [0.1, 0.15) is 23.9 Å². The van der Waals surface area contributed by atoms with Crippen LogP contribution in [0.3, 0.4) is 0 Å². The van der Waals surface area contributed by atoms with Gasteiger partial charge in [-0.15, -0.1) is 0 Å². The van der Waals surface area contributed by atoms with Crippen LogP contribution in [0.5, 0.6) is 5.75 Å². The zero-order valence-electron chi connectivity index (χ0n) is 16.2. The van der Waals surface area contributed by atoms with Crippen molar-refractivity contribution in [2.24, 2.45) is 0 Å². The summed E-state index contributed by atoms with van der Waals surface area (Å²) >= 11 is 8.74. The monoisotopic (exact) mass is 475 g/mol. The molecular weight excluding hydrogens is 454 g/mol. The molecule has 0 fully saturated rings. The molecule has 7 nitrogen and oxygen atoms in total. The Morgan fingerprint density at radius 2 is 2.03 bits per heavy atom. The largest absolute Gasteiger partial charge is 0.483 e. The van der Waals surface area contributed by atoms with Gasteiger partial charge in [0.2, 0.25) is 4.77 Å². The lowest BCUT2D eigenvalue weighted by atomic mass is 10.2. The van der Waals surface area contributed by atoms with Crippen LogP contribution in [-0.2, 0) is 17.8 Å². The van der Waals surface area contributed by atoms with Gasteiger partial charge in [-0.1, -0.05) is 40.5 Å². The molecule has 0 saturated heterocycles. The standard InChI is InChI=1S/C20H22BrN5O2S/c1-3-18-24-25-20(29)26(18)22-11-14-10-15(21)6-9-17(14)28-12-19(27)23-16-7-4-13(2)5-8-16/h4-10,22H,3,11-12H2,1-2H3,(H,23,27)(H,25,29). The molecule has 29 heavy (non-hydrogen) atoms. The molecule has 3 rings (SSSR count). The number of anilines is 1. The van der Waals surface area contributed by atoms with E-state index in [2.05, 4.69) is 36.9 Å². The predicted molar refractivity (Wildman–Crippen MR) is 119 cm³/mol. The average Bonchev–Trinajstić information content (AvgIpc) is 3.07. The van der Waals surface area contributed by atoms with Crippen LogP contribution in [0.2, 0.25) is 0 Å². The SMILES string of the molecule is CCc1n[nH]c(=S)n1NCc1cc(Br)ccc1OCC(=O)Nc1ccc(C)cc1. The number of carbonyl (C=O) groups is 1. The molecule has 152 valence electrons. The van der Waals surface area contributed by atoms with Crippen molar-refractivity contribution in [3.63, 3.8) is 0 Å². The summed E-state index contributed by atoms with van der Waals surface area (Å²) in [6, 6.07) is 13.3.